The second-order valence-corrected chi connectivity index (χ2v) is 5.43. The van der Waals surface area contributed by atoms with E-state index in [-0.39, 0.29) is 11.8 Å². The van der Waals surface area contributed by atoms with Gasteiger partial charge in [0.15, 0.2) is 5.82 Å². The zero-order valence-corrected chi connectivity index (χ0v) is 9.54. The lowest BCUT2D eigenvalue weighted by Gasteiger charge is -2.22. The van der Waals surface area contributed by atoms with E-state index in [2.05, 4.69) is 25.5 Å². The van der Waals surface area contributed by atoms with Crippen LogP contribution in [0.15, 0.2) is 0 Å². The van der Waals surface area contributed by atoms with E-state index in [4.69, 9.17) is 0 Å². The van der Waals surface area contributed by atoms with E-state index in [9.17, 15) is 4.79 Å². The minimum atomic E-state index is 0.119. The molecular weight excluding hydrogens is 218 g/mol. The third-order valence-electron chi connectivity index (χ3n) is 4.51. The Bertz CT molecular complexity index is 425. The number of nitrogens with one attached hydrogen (secondary N) is 1. The van der Waals surface area contributed by atoms with E-state index in [0.717, 1.165) is 6.42 Å². The molecule has 0 spiro atoms. The Kier molecular flexibility index (Phi) is 1.84. The first kappa shape index (κ1) is 9.56. The Morgan fingerprint density at radius 1 is 1.24 bits per heavy atom. The van der Waals surface area contributed by atoms with E-state index in [1.165, 1.54) is 25.7 Å². The number of amides is 1. The van der Waals surface area contributed by atoms with Crippen LogP contribution in [-0.2, 0) is 4.79 Å². The van der Waals surface area contributed by atoms with E-state index in [1.54, 1.807) is 0 Å². The van der Waals surface area contributed by atoms with E-state index in [1.807, 2.05) is 0 Å². The van der Waals surface area contributed by atoms with Crippen molar-refractivity contribution >= 4 is 5.91 Å². The van der Waals surface area contributed by atoms with E-state index >= 15 is 0 Å². The normalized spacial score (nSPS) is 38.7. The molecule has 0 aromatic carbocycles. The van der Waals surface area contributed by atoms with Crippen LogP contribution in [0.3, 0.4) is 0 Å². The van der Waals surface area contributed by atoms with Gasteiger partial charge in [0.25, 0.3) is 0 Å². The standard InChI is InChI=1S/C11H15N5O/c17-11(16-6-1-2-7(16)4-3-6)9-5-8(9)10-12-14-15-13-10/h6-9H,1-5H2,(H,12,13,14,15)/t6?,7?,8-,9+/m0/s1. The Balaban J connectivity index is 1.49. The van der Waals surface area contributed by atoms with Crippen molar-refractivity contribution in [2.45, 2.75) is 50.1 Å². The molecule has 4 rings (SSSR count). The molecule has 1 amide bonds. The van der Waals surface area contributed by atoms with Crippen LogP contribution in [0, 0.1) is 5.92 Å². The summed E-state index contributed by atoms with van der Waals surface area (Å²) in [5.41, 5.74) is 0. The summed E-state index contributed by atoms with van der Waals surface area (Å²) in [6.45, 7) is 0. The summed E-state index contributed by atoms with van der Waals surface area (Å²) in [6.07, 6.45) is 5.71. The fourth-order valence-corrected chi connectivity index (χ4v) is 3.54. The maximum absolute atomic E-state index is 12.4. The first-order chi connectivity index (χ1) is 8.34. The van der Waals surface area contributed by atoms with Crippen molar-refractivity contribution in [2.24, 2.45) is 5.92 Å². The minimum absolute atomic E-state index is 0.119. The minimum Gasteiger partial charge on any atom is -0.336 e. The van der Waals surface area contributed by atoms with E-state index < -0.39 is 0 Å². The largest absolute Gasteiger partial charge is 0.336 e. The van der Waals surface area contributed by atoms with Crippen LogP contribution in [0.1, 0.15) is 43.8 Å². The van der Waals surface area contributed by atoms with Crippen molar-refractivity contribution in [3.63, 3.8) is 0 Å². The molecule has 1 N–H and O–H groups in total. The summed E-state index contributed by atoms with van der Waals surface area (Å²) in [6, 6.07) is 1.05. The van der Waals surface area contributed by atoms with Gasteiger partial charge in [-0.15, -0.1) is 10.2 Å². The van der Waals surface area contributed by atoms with Crippen LogP contribution >= 0.6 is 0 Å². The molecule has 1 saturated carbocycles. The average Bonchev–Trinajstić information content (AvgIpc) is 2.76. The molecule has 0 unspecified atom stereocenters. The molecule has 2 aliphatic heterocycles. The third-order valence-corrected chi connectivity index (χ3v) is 4.51. The summed E-state index contributed by atoms with van der Waals surface area (Å²) in [7, 11) is 0. The van der Waals surface area contributed by atoms with Gasteiger partial charge in [0.1, 0.15) is 0 Å². The van der Waals surface area contributed by atoms with Crippen molar-refractivity contribution in [3.8, 4) is 0 Å². The highest BCUT2D eigenvalue weighted by molar-refractivity contribution is 5.84. The number of hydrogen-bond acceptors (Lipinski definition) is 4. The molecule has 2 atom stereocenters. The number of carbonyl (C=O) groups excluding carboxylic acids is 1. The maximum Gasteiger partial charge on any atom is 0.226 e. The topological polar surface area (TPSA) is 74.8 Å². The summed E-state index contributed by atoms with van der Waals surface area (Å²) in [4.78, 5) is 14.6. The van der Waals surface area contributed by atoms with Crippen molar-refractivity contribution in [2.75, 3.05) is 0 Å². The van der Waals surface area contributed by atoms with Gasteiger partial charge in [-0.3, -0.25) is 4.79 Å². The van der Waals surface area contributed by atoms with Crippen molar-refractivity contribution < 1.29 is 4.79 Å². The molecule has 1 aliphatic carbocycles. The number of nitrogens with zero attached hydrogens (tertiary/aromatic N) is 4. The van der Waals surface area contributed by atoms with Gasteiger partial charge in [0.2, 0.25) is 5.91 Å². The summed E-state index contributed by atoms with van der Waals surface area (Å²) >= 11 is 0. The molecule has 1 aromatic heterocycles. The summed E-state index contributed by atoms with van der Waals surface area (Å²) in [5.74, 6) is 1.37. The van der Waals surface area contributed by atoms with Gasteiger partial charge in [-0.25, -0.2) is 0 Å². The number of fused-ring (bicyclic) bond motifs is 2. The highest BCUT2D eigenvalue weighted by atomic mass is 16.2. The van der Waals surface area contributed by atoms with Crippen molar-refractivity contribution in [1.29, 1.82) is 0 Å². The lowest BCUT2D eigenvalue weighted by atomic mass is 10.0. The van der Waals surface area contributed by atoms with Gasteiger partial charge >= 0.3 is 0 Å². The van der Waals surface area contributed by atoms with E-state index in [0.29, 0.717) is 23.8 Å². The predicted molar refractivity (Wildman–Crippen MR) is 57.9 cm³/mol. The van der Waals surface area contributed by atoms with Crippen LogP contribution in [0.4, 0.5) is 0 Å². The Labute approximate surface area is 98.8 Å². The number of carbonyl (C=O) groups is 1. The molecule has 2 bridgehead atoms. The number of aromatic amines is 1. The molecule has 6 nitrogen and oxygen atoms in total. The van der Waals surface area contributed by atoms with Crippen LogP contribution in [0.25, 0.3) is 0 Å². The monoisotopic (exact) mass is 233 g/mol. The Morgan fingerprint density at radius 2 is 1.94 bits per heavy atom. The maximum atomic E-state index is 12.4. The molecule has 17 heavy (non-hydrogen) atoms. The third kappa shape index (κ3) is 1.33. The first-order valence-electron chi connectivity index (χ1n) is 6.40. The number of hydrogen-bond donors (Lipinski definition) is 1. The van der Waals surface area contributed by atoms with Gasteiger partial charge in [0.05, 0.1) is 0 Å². The van der Waals surface area contributed by atoms with Crippen LogP contribution in [-0.4, -0.2) is 43.5 Å². The lowest BCUT2D eigenvalue weighted by Crippen LogP contribution is -2.36. The van der Waals surface area contributed by atoms with Crippen molar-refractivity contribution in [3.05, 3.63) is 5.82 Å². The van der Waals surface area contributed by atoms with Gasteiger partial charge in [0, 0.05) is 23.9 Å². The fourth-order valence-electron chi connectivity index (χ4n) is 3.54. The molecule has 90 valence electrons. The number of rotatable bonds is 2. The second-order valence-electron chi connectivity index (χ2n) is 5.43. The SMILES string of the molecule is O=C([C@@H]1C[C@@H]1c1nn[nH]n1)N1C2CCC1CC2. The lowest BCUT2D eigenvalue weighted by molar-refractivity contribution is -0.133. The highest BCUT2D eigenvalue weighted by Crippen LogP contribution is 2.49. The van der Waals surface area contributed by atoms with Crippen LogP contribution < -0.4 is 0 Å². The quantitative estimate of drug-likeness (QED) is 0.805. The molecule has 6 heteroatoms. The molecule has 1 aromatic rings. The first-order valence-corrected chi connectivity index (χ1v) is 6.40. The predicted octanol–water partition coefficient (Wildman–Crippen LogP) is 0.457. The average molecular weight is 233 g/mol. The Hall–Kier alpha value is -1.46. The molecule has 2 saturated heterocycles. The highest BCUT2D eigenvalue weighted by Gasteiger charge is 2.53. The summed E-state index contributed by atoms with van der Waals surface area (Å²) < 4.78 is 0. The van der Waals surface area contributed by atoms with Crippen LogP contribution in [0.5, 0.6) is 0 Å². The molecule has 3 heterocycles. The van der Waals surface area contributed by atoms with Gasteiger partial charge < -0.3 is 4.90 Å². The van der Waals surface area contributed by atoms with Crippen molar-refractivity contribution in [1.82, 2.24) is 25.5 Å². The summed E-state index contributed by atoms with van der Waals surface area (Å²) in [5, 5.41) is 14.0. The molecule has 3 fully saturated rings. The number of H-pyrrole nitrogens is 1. The van der Waals surface area contributed by atoms with Crippen LogP contribution in [0.2, 0.25) is 0 Å². The van der Waals surface area contributed by atoms with Gasteiger partial charge in [-0.1, -0.05) is 5.21 Å². The molecule has 3 aliphatic rings. The second kappa shape index (κ2) is 3.27. The molecule has 0 radical (unpaired) electrons. The zero-order valence-electron chi connectivity index (χ0n) is 9.54. The fraction of sp³-hybridized carbons (Fsp3) is 0.818. The molecular formula is C11H15N5O. The zero-order chi connectivity index (χ0) is 11.4. The Morgan fingerprint density at radius 3 is 2.53 bits per heavy atom. The smallest absolute Gasteiger partial charge is 0.226 e. The van der Waals surface area contributed by atoms with Gasteiger partial charge in [-0.05, 0) is 32.1 Å². The number of aromatic nitrogens is 4. The van der Waals surface area contributed by atoms with Gasteiger partial charge in [-0.2, -0.15) is 5.21 Å². The number of tetrazole rings is 1.